The van der Waals surface area contributed by atoms with Crippen molar-refractivity contribution in [2.24, 2.45) is 22.1 Å². The normalized spacial score (nSPS) is 18.9. The van der Waals surface area contributed by atoms with Crippen LogP contribution in [0.25, 0.3) is 0 Å². The van der Waals surface area contributed by atoms with Crippen molar-refractivity contribution in [3.8, 4) is 11.5 Å². The van der Waals surface area contributed by atoms with Gasteiger partial charge >= 0.3 is 12.2 Å². The molecular weight excluding hydrogens is 853 g/mol. The highest BCUT2D eigenvalue weighted by atomic mass is 32.2. The third-order valence-electron chi connectivity index (χ3n) is 9.51. The van der Waals surface area contributed by atoms with Crippen LogP contribution in [-0.2, 0) is 43.8 Å². The van der Waals surface area contributed by atoms with E-state index in [1.165, 1.54) is 30.3 Å². The molecule has 0 spiro atoms. The number of primary sulfonamides is 2. The number of carbonyl (C=O) groups is 2. The molecule has 2 heterocycles. The number of likely N-dealkylation sites (tertiary alicyclic amines) is 2. The lowest BCUT2D eigenvalue weighted by Gasteiger charge is -2.33. The lowest BCUT2D eigenvalue weighted by molar-refractivity contribution is 0.0118. The summed E-state index contributed by atoms with van der Waals surface area (Å²) in [7, 11) is -10.8. The van der Waals surface area contributed by atoms with E-state index < -0.39 is 41.4 Å². The zero-order valence-corrected chi connectivity index (χ0v) is 39.9. The molecule has 2 fully saturated rings. The molecule has 5 N–H and O–H groups in total. The maximum absolute atomic E-state index is 12.5. The second-order valence-corrected chi connectivity index (χ2v) is 23.4. The summed E-state index contributed by atoms with van der Waals surface area (Å²) >= 11 is 0. The van der Waals surface area contributed by atoms with Crippen LogP contribution in [0.3, 0.4) is 0 Å². The first-order valence-electron chi connectivity index (χ1n) is 20.0. The molecule has 0 saturated carbocycles. The predicted octanol–water partition coefficient (Wildman–Crippen LogP) is 6.35. The average Bonchev–Trinajstić information content (AvgIpc) is 3.56. The number of hydrogen-bond donors (Lipinski definition) is 3. The van der Waals surface area contributed by atoms with Gasteiger partial charge in [0.1, 0.15) is 22.7 Å². The van der Waals surface area contributed by atoms with E-state index in [1.807, 2.05) is 60.3 Å². The van der Waals surface area contributed by atoms with Gasteiger partial charge in [0.05, 0.1) is 29.3 Å². The van der Waals surface area contributed by atoms with Gasteiger partial charge < -0.3 is 29.1 Å². The van der Waals surface area contributed by atoms with Gasteiger partial charge in [-0.1, -0.05) is 12.1 Å². The molecule has 2 saturated heterocycles. The molecule has 0 aliphatic carbocycles. The Morgan fingerprint density at radius 2 is 1.11 bits per heavy atom. The summed E-state index contributed by atoms with van der Waals surface area (Å²) in [5.74, 6) is 1.08. The number of sulfonamides is 2. The fourth-order valence-electron chi connectivity index (χ4n) is 6.98. The van der Waals surface area contributed by atoms with Crippen LogP contribution in [0, 0.1) is 11.8 Å². The van der Waals surface area contributed by atoms with Crippen molar-refractivity contribution in [1.29, 1.82) is 0 Å². The SMILES string of the molecule is CC(C)(C)OC(=O)N1C[C@@H](CCCOS(C)(=O)=O)CC1(C)C.CC(C)(C)OC(=O)N1C[C@@H](CCCOc2cccc(S(N)(=O)=O)c2)CC1(C)C.NS(=O)(=O)c1cccc(O)c1. The van der Waals surface area contributed by atoms with Crippen LogP contribution in [0.5, 0.6) is 11.5 Å². The number of nitrogens with zero attached hydrogens (tertiary/aromatic N) is 2. The van der Waals surface area contributed by atoms with Gasteiger partial charge in [0, 0.05) is 30.2 Å². The summed E-state index contributed by atoms with van der Waals surface area (Å²) in [6.45, 7) is 21.3. The number of ether oxygens (including phenoxy) is 3. The number of rotatable bonds is 12. The molecule has 0 aromatic heterocycles. The van der Waals surface area contributed by atoms with E-state index in [9.17, 15) is 34.8 Å². The number of benzene rings is 2. The Labute approximate surface area is 363 Å². The van der Waals surface area contributed by atoms with E-state index in [-0.39, 0.29) is 45.4 Å². The molecule has 2 amide bonds. The molecule has 17 nitrogen and oxygen atoms in total. The molecule has 4 rings (SSSR count). The summed E-state index contributed by atoms with van der Waals surface area (Å²) in [6, 6.07) is 11.4. The van der Waals surface area contributed by atoms with E-state index in [1.54, 1.807) is 17.0 Å². The highest BCUT2D eigenvalue weighted by Crippen LogP contribution is 2.37. The molecule has 348 valence electrons. The predicted molar refractivity (Wildman–Crippen MR) is 232 cm³/mol. The minimum Gasteiger partial charge on any atom is -0.508 e. The first kappa shape index (κ1) is 53.4. The maximum atomic E-state index is 12.5. The van der Waals surface area contributed by atoms with Crippen molar-refractivity contribution in [3.63, 3.8) is 0 Å². The molecule has 61 heavy (non-hydrogen) atoms. The van der Waals surface area contributed by atoms with E-state index in [0.717, 1.165) is 44.4 Å². The Hall–Kier alpha value is -3.69. The van der Waals surface area contributed by atoms with E-state index >= 15 is 0 Å². The Balaban J connectivity index is 0.000000344. The zero-order chi connectivity index (χ0) is 46.8. The minimum absolute atomic E-state index is 0.0375. The van der Waals surface area contributed by atoms with Gasteiger partial charge in [-0.2, -0.15) is 8.42 Å². The van der Waals surface area contributed by atoms with Crippen LogP contribution >= 0.6 is 0 Å². The highest BCUT2D eigenvalue weighted by molar-refractivity contribution is 7.89. The van der Waals surface area contributed by atoms with Crippen molar-refractivity contribution in [3.05, 3.63) is 48.5 Å². The lowest BCUT2D eigenvalue weighted by Crippen LogP contribution is -2.45. The molecule has 2 aliphatic heterocycles. The summed E-state index contributed by atoms with van der Waals surface area (Å²) < 4.78 is 87.3. The quantitative estimate of drug-likeness (QED) is 0.155. The standard InChI is InChI=1S/C20H32N2O5S.C15H29NO5S.C6H7NO3S/c1-19(2,3)27-18(23)22-14-15(13-20(22,4)5)8-7-11-26-16-9-6-10-17(12-16)28(21,24)25;1-14(2,3)21-13(17)16-11-12(10-15(16,4)5)8-7-9-20-22(6,18)19;7-11(9,10)6-3-1-2-5(8)4-6/h6,9-10,12,15H,7-8,11,13-14H2,1-5H3,(H2,21,24,25);12H,7-11H2,1-6H3;1-4,8H,(H2,7,9,10)/t15-;12-;/m00./s1. The number of nitrogens with two attached hydrogens (primary N) is 2. The highest BCUT2D eigenvalue weighted by Gasteiger charge is 2.43. The average molecular weight is 921 g/mol. The summed E-state index contributed by atoms with van der Waals surface area (Å²) in [5.41, 5.74) is -1.50. The van der Waals surface area contributed by atoms with Crippen molar-refractivity contribution in [1.82, 2.24) is 9.80 Å². The largest absolute Gasteiger partial charge is 0.508 e. The Morgan fingerprint density at radius 3 is 1.49 bits per heavy atom. The number of carbonyl (C=O) groups excluding carboxylic acids is 2. The van der Waals surface area contributed by atoms with Gasteiger partial charge in [0.25, 0.3) is 10.1 Å². The molecule has 0 radical (unpaired) electrons. The van der Waals surface area contributed by atoms with E-state index in [0.29, 0.717) is 43.7 Å². The number of phenols is 1. The summed E-state index contributed by atoms with van der Waals surface area (Å²) in [6.07, 6.45) is 5.51. The smallest absolute Gasteiger partial charge is 0.410 e. The minimum atomic E-state index is -3.74. The number of hydrogen-bond acceptors (Lipinski definition) is 13. The van der Waals surface area contributed by atoms with E-state index in [2.05, 4.69) is 13.8 Å². The second-order valence-electron chi connectivity index (χ2n) is 18.7. The third-order valence-corrected chi connectivity index (χ3v) is 11.9. The molecule has 20 heteroatoms. The van der Waals surface area contributed by atoms with Gasteiger partial charge in [-0.15, -0.1) is 0 Å². The van der Waals surface area contributed by atoms with Gasteiger partial charge in [-0.25, -0.2) is 36.7 Å². The van der Waals surface area contributed by atoms with Gasteiger partial charge in [-0.05, 0) is 150 Å². The number of phenolic OH excluding ortho intramolecular Hbond substituents is 1. The Kier molecular flexibility index (Phi) is 18.5. The van der Waals surface area contributed by atoms with Crippen LogP contribution in [0.15, 0.2) is 58.3 Å². The molecule has 2 aromatic rings. The second kappa shape index (κ2) is 21.1. The Bertz CT molecular complexity index is 2110. The third kappa shape index (κ3) is 19.9. The van der Waals surface area contributed by atoms with Crippen molar-refractivity contribution in [2.75, 3.05) is 32.6 Å². The fourth-order valence-corrected chi connectivity index (χ4v) is 8.51. The maximum Gasteiger partial charge on any atom is 0.410 e. The van der Waals surface area contributed by atoms with Crippen LogP contribution in [0.2, 0.25) is 0 Å². The van der Waals surface area contributed by atoms with Crippen LogP contribution in [-0.4, -0.2) is 107 Å². The molecular formula is C41H68N4O13S3. The number of aromatic hydroxyl groups is 1. The molecule has 0 bridgehead atoms. The van der Waals surface area contributed by atoms with Gasteiger partial charge in [-0.3, -0.25) is 4.18 Å². The molecule has 2 aromatic carbocycles. The van der Waals surface area contributed by atoms with Crippen molar-refractivity contribution >= 4 is 42.4 Å². The summed E-state index contributed by atoms with van der Waals surface area (Å²) in [5, 5.41) is 18.8. The fraction of sp³-hybridized carbons (Fsp3) is 0.659. The van der Waals surface area contributed by atoms with Crippen LogP contribution in [0.4, 0.5) is 9.59 Å². The van der Waals surface area contributed by atoms with Crippen LogP contribution in [0.1, 0.15) is 108 Å². The van der Waals surface area contributed by atoms with E-state index in [4.69, 9.17) is 33.8 Å². The Morgan fingerprint density at radius 1 is 0.705 bits per heavy atom. The monoisotopic (exact) mass is 920 g/mol. The molecule has 2 atom stereocenters. The number of amides is 2. The molecule has 0 unspecified atom stereocenters. The summed E-state index contributed by atoms with van der Waals surface area (Å²) in [4.78, 5) is 28.3. The van der Waals surface area contributed by atoms with Gasteiger partial charge in [0.2, 0.25) is 20.0 Å². The molecule has 2 aliphatic rings. The first-order chi connectivity index (χ1) is 27.6. The first-order valence-corrected chi connectivity index (χ1v) is 24.9. The van der Waals surface area contributed by atoms with Crippen LogP contribution < -0.4 is 15.0 Å². The van der Waals surface area contributed by atoms with Gasteiger partial charge in [0.15, 0.2) is 0 Å². The lowest BCUT2D eigenvalue weighted by atomic mass is 9.93. The zero-order valence-electron chi connectivity index (χ0n) is 37.5. The van der Waals surface area contributed by atoms with Crippen molar-refractivity contribution in [2.45, 2.75) is 140 Å². The topological polar surface area (TPSA) is 252 Å². The van der Waals surface area contributed by atoms with Crippen molar-refractivity contribution < 1.29 is 58.3 Å².